The van der Waals surface area contributed by atoms with Gasteiger partial charge in [0, 0.05) is 15.3 Å². The van der Waals surface area contributed by atoms with E-state index >= 15 is 0 Å². The zero-order valence-electron chi connectivity index (χ0n) is 35.3. The predicted octanol–water partition coefficient (Wildman–Crippen LogP) is 11.4. The van der Waals surface area contributed by atoms with E-state index in [4.69, 9.17) is 13.3 Å². The van der Waals surface area contributed by atoms with Crippen molar-refractivity contribution in [3.05, 3.63) is 74.4 Å². The SMILES string of the molecule is C=CC(C)(C(C)(C)O[Si](C)(C)C=C)[Si](C)(C)C=C.C=CC(C)(C(C)(C)O[Si](C)(C)O)[Si](C)(C)O.C=C[Si](C)(C)OC(C)(C)[Si](C)(C)C=C. The van der Waals surface area contributed by atoms with Crippen LogP contribution in [0.2, 0.25) is 88.6 Å². The van der Waals surface area contributed by atoms with E-state index in [-0.39, 0.29) is 15.9 Å². The van der Waals surface area contributed by atoms with Gasteiger partial charge in [-0.15, -0.1) is 45.2 Å². The first-order chi connectivity index (χ1) is 20.7. The molecule has 0 aromatic heterocycles. The van der Waals surface area contributed by atoms with Gasteiger partial charge in [-0.25, -0.2) is 0 Å². The fraction of sp³-hybridized carbons (Fsp3) is 0.676. The lowest BCUT2D eigenvalue weighted by Crippen LogP contribution is -2.56. The molecule has 0 aromatic carbocycles. The molecular weight excluding hydrogens is 693 g/mol. The van der Waals surface area contributed by atoms with Crippen LogP contribution >= 0.6 is 0 Å². The van der Waals surface area contributed by atoms with Crippen LogP contribution in [0.15, 0.2) is 74.4 Å². The molecule has 0 fully saturated rings. The Morgan fingerprint density at radius 2 is 0.750 bits per heavy atom. The lowest BCUT2D eigenvalue weighted by molar-refractivity contribution is 0.0391. The van der Waals surface area contributed by atoms with Gasteiger partial charge in [-0.1, -0.05) is 69.3 Å². The predicted molar refractivity (Wildman–Crippen MR) is 233 cm³/mol. The molecule has 0 aliphatic rings. The van der Waals surface area contributed by atoms with Gasteiger partial charge in [-0.2, -0.15) is 0 Å². The molecule has 0 aromatic rings. The van der Waals surface area contributed by atoms with Gasteiger partial charge in [0.05, 0.1) is 19.3 Å². The second kappa shape index (κ2) is 17.4. The lowest BCUT2D eigenvalue weighted by Gasteiger charge is -2.52. The Hall–Kier alpha value is -0.459. The van der Waals surface area contributed by atoms with E-state index in [1.807, 2.05) is 45.3 Å². The Morgan fingerprint density at radius 1 is 0.438 bits per heavy atom. The Morgan fingerprint density at radius 3 is 1.00 bits per heavy atom. The van der Waals surface area contributed by atoms with Crippen LogP contribution in [-0.4, -0.2) is 75.7 Å². The second-order valence-corrected chi connectivity index (χ2v) is 43.0. The Bertz CT molecular complexity index is 1110. The van der Waals surface area contributed by atoms with Crippen LogP contribution in [-0.2, 0) is 13.3 Å². The minimum absolute atomic E-state index is 0.0569. The zero-order chi connectivity index (χ0) is 39.9. The third-order valence-electron chi connectivity index (χ3n) is 11.0. The molecular formula is C37H80O5Si6. The van der Waals surface area contributed by atoms with Crippen molar-refractivity contribution < 1.29 is 22.9 Å². The Labute approximate surface area is 306 Å². The van der Waals surface area contributed by atoms with Gasteiger partial charge >= 0.3 is 8.56 Å². The van der Waals surface area contributed by atoms with Crippen molar-refractivity contribution in [3.8, 4) is 0 Å². The number of rotatable bonds is 17. The van der Waals surface area contributed by atoms with Crippen molar-refractivity contribution in [2.24, 2.45) is 0 Å². The molecule has 0 spiro atoms. The topological polar surface area (TPSA) is 68.2 Å². The van der Waals surface area contributed by atoms with Crippen LogP contribution in [0.4, 0.5) is 0 Å². The fourth-order valence-electron chi connectivity index (χ4n) is 5.34. The van der Waals surface area contributed by atoms with Gasteiger partial charge < -0.3 is 22.9 Å². The average molecular weight is 774 g/mol. The molecule has 2 N–H and O–H groups in total. The van der Waals surface area contributed by atoms with E-state index in [0.717, 1.165) is 0 Å². The lowest BCUT2D eigenvalue weighted by atomic mass is 9.91. The minimum atomic E-state index is -2.63. The molecule has 5 nitrogen and oxygen atoms in total. The van der Waals surface area contributed by atoms with E-state index < -0.39 is 60.3 Å². The largest absolute Gasteiger partial charge is 0.431 e. The summed E-state index contributed by atoms with van der Waals surface area (Å²) < 4.78 is 18.5. The Balaban J connectivity index is -0.000000638. The van der Waals surface area contributed by atoms with Crippen LogP contribution in [0.5, 0.6) is 0 Å². The molecule has 11 heteroatoms. The molecule has 0 bridgehead atoms. The van der Waals surface area contributed by atoms with Crippen LogP contribution in [0.25, 0.3) is 0 Å². The molecule has 0 radical (unpaired) electrons. The highest BCUT2D eigenvalue weighted by atomic mass is 28.4. The smallest absolute Gasteiger partial charge is 0.329 e. The van der Waals surface area contributed by atoms with Crippen molar-refractivity contribution in [3.63, 3.8) is 0 Å². The number of hydrogen-bond donors (Lipinski definition) is 2. The molecule has 2 unspecified atom stereocenters. The summed E-state index contributed by atoms with van der Waals surface area (Å²) >= 11 is 0. The van der Waals surface area contributed by atoms with E-state index in [1.54, 1.807) is 19.2 Å². The molecule has 2 atom stereocenters. The number of hydrogen-bond acceptors (Lipinski definition) is 5. The Kier molecular flexibility index (Phi) is 18.8. The van der Waals surface area contributed by atoms with E-state index in [0.29, 0.717) is 0 Å². The molecule has 0 aliphatic heterocycles. The monoisotopic (exact) mass is 772 g/mol. The maximum Gasteiger partial charge on any atom is 0.329 e. The maximum absolute atomic E-state index is 10.4. The molecule has 0 heterocycles. The first kappa shape index (κ1) is 51.9. The van der Waals surface area contributed by atoms with E-state index in [1.165, 1.54) is 0 Å². The van der Waals surface area contributed by atoms with Gasteiger partial charge in [0.25, 0.3) is 0 Å². The zero-order valence-corrected chi connectivity index (χ0v) is 41.3. The van der Waals surface area contributed by atoms with Gasteiger partial charge in [-0.3, -0.25) is 0 Å². The summed E-state index contributed by atoms with van der Waals surface area (Å²) in [5, 5.41) is -0.624. The first-order valence-electron chi connectivity index (χ1n) is 17.1. The summed E-state index contributed by atoms with van der Waals surface area (Å²) in [4.78, 5) is 20.3. The molecule has 48 heavy (non-hydrogen) atoms. The summed E-state index contributed by atoms with van der Waals surface area (Å²) in [5.74, 6) is 0. The van der Waals surface area contributed by atoms with Gasteiger partial charge in [-0.05, 0) is 93.9 Å². The quantitative estimate of drug-likeness (QED) is 0.114. The van der Waals surface area contributed by atoms with Crippen LogP contribution < -0.4 is 0 Å². The summed E-state index contributed by atoms with van der Waals surface area (Å²) in [6.45, 7) is 65.4. The van der Waals surface area contributed by atoms with Gasteiger partial charge in [0.1, 0.15) is 8.07 Å². The summed E-state index contributed by atoms with van der Waals surface area (Å²) in [6.07, 6.45) is 3.83. The average Bonchev–Trinajstić information content (AvgIpc) is 2.89. The standard InChI is InChI=1S/C15H30OSi2.C11H26O3Si2.C11H24OSi2/c1-11-15(6,17(7,8)12-2)14(4,5)16-18(9,10)13-3;1-9-11(4,15(5,6)12)10(2,3)14-16(7,8)13;1-9-13(5,6)11(3,4)12-14(7,8)10-2/h11-13H,1-3H2,4-10H3;9,12-13H,1H2,2-8H3;9-10H,1-2H2,3-8H3. The summed E-state index contributed by atoms with van der Waals surface area (Å²) in [7, 11) is -11.8. The molecule has 0 aliphatic carbocycles. The van der Waals surface area contributed by atoms with E-state index in [9.17, 15) is 9.59 Å². The van der Waals surface area contributed by atoms with Crippen molar-refractivity contribution in [1.82, 2.24) is 0 Å². The third kappa shape index (κ3) is 13.9. The van der Waals surface area contributed by atoms with Crippen molar-refractivity contribution in [2.75, 3.05) is 0 Å². The molecule has 0 saturated heterocycles. The normalized spacial score (nSPS) is 16.4. The summed E-state index contributed by atoms with van der Waals surface area (Å²) in [6, 6.07) is 0. The van der Waals surface area contributed by atoms with Crippen molar-refractivity contribution in [1.29, 1.82) is 0 Å². The van der Waals surface area contributed by atoms with E-state index in [2.05, 4.69) is 144 Å². The van der Waals surface area contributed by atoms with Crippen LogP contribution in [0, 0.1) is 0 Å². The fourth-order valence-corrected chi connectivity index (χ4v) is 16.9. The maximum atomic E-state index is 10.4. The van der Waals surface area contributed by atoms with Crippen molar-refractivity contribution >= 4 is 49.7 Å². The second-order valence-electron chi connectivity index (χ2n) is 18.1. The highest BCUT2D eigenvalue weighted by Gasteiger charge is 2.54. The highest BCUT2D eigenvalue weighted by Crippen LogP contribution is 2.52. The first-order valence-corrected chi connectivity index (χ1v) is 35.0. The summed E-state index contributed by atoms with van der Waals surface area (Å²) in [5.41, 5.74) is 7.32. The van der Waals surface area contributed by atoms with Gasteiger partial charge in [0.2, 0.25) is 16.6 Å². The molecule has 0 saturated carbocycles. The molecule has 0 amide bonds. The molecule has 0 rings (SSSR count). The van der Waals surface area contributed by atoms with Crippen molar-refractivity contribution in [2.45, 2.75) is 160 Å². The van der Waals surface area contributed by atoms with Gasteiger partial charge in [0.15, 0.2) is 8.32 Å². The molecule has 282 valence electrons. The minimum Gasteiger partial charge on any atom is -0.431 e. The third-order valence-corrected chi connectivity index (χ3v) is 28.4. The highest BCUT2D eigenvalue weighted by molar-refractivity contribution is 6.86. The van der Waals surface area contributed by atoms with Crippen LogP contribution in [0.3, 0.4) is 0 Å². The van der Waals surface area contributed by atoms with Crippen LogP contribution in [0.1, 0.15) is 55.4 Å².